The summed E-state index contributed by atoms with van der Waals surface area (Å²) in [5, 5.41) is 0.877. The number of hydrogen-bond acceptors (Lipinski definition) is 5. The highest BCUT2D eigenvalue weighted by Crippen LogP contribution is 2.49. The molecule has 7 heteroatoms. The predicted octanol–water partition coefficient (Wildman–Crippen LogP) is 3.98. The van der Waals surface area contributed by atoms with Crippen LogP contribution in [0.3, 0.4) is 0 Å². The van der Waals surface area contributed by atoms with Crippen molar-refractivity contribution < 1.29 is 19.1 Å². The van der Waals surface area contributed by atoms with Gasteiger partial charge in [-0.25, -0.2) is 0 Å². The van der Waals surface area contributed by atoms with Crippen molar-refractivity contribution in [3.05, 3.63) is 41.6 Å². The van der Waals surface area contributed by atoms with Gasteiger partial charge >= 0.3 is 11.9 Å². The van der Waals surface area contributed by atoms with Gasteiger partial charge in [0.2, 0.25) is 0 Å². The molecule has 0 fully saturated rings. The molecule has 1 heterocycles. The van der Waals surface area contributed by atoms with Crippen LogP contribution in [0.1, 0.15) is 35.9 Å². The molecule has 24 heavy (non-hydrogen) atoms. The van der Waals surface area contributed by atoms with Crippen LogP contribution in [0.15, 0.2) is 30.5 Å². The van der Waals surface area contributed by atoms with E-state index >= 15 is 0 Å². The molecule has 0 radical (unpaired) electrons. The quantitative estimate of drug-likeness (QED) is 0.505. The zero-order chi connectivity index (χ0) is 17.4. The first kappa shape index (κ1) is 17.4. The number of pyridine rings is 1. The number of alkyl halides is 2. The van der Waals surface area contributed by atoms with E-state index in [9.17, 15) is 9.59 Å². The normalized spacial score (nSPS) is 25.8. The maximum Gasteiger partial charge on any atom is 0.303 e. The van der Waals surface area contributed by atoms with Crippen molar-refractivity contribution in [3.8, 4) is 0 Å². The second kappa shape index (κ2) is 6.80. The van der Waals surface area contributed by atoms with Gasteiger partial charge in [-0.15, -0.1) is 0 Å². The Morgan fingerprint density at radius 3 is 2.46 bits per heavy atom. The van der Waals surface area contributed by atoms with Crippen molar-refractivity contribution in [1.82, 2.24) is 4.98 Å². The Labute approximate surface area is 156 Å². The number of esters is 2. The van der Waals surface area contributed by atoms with Crippen molar-refractivity contribution in [2.45, 2.75) is 35.7 Å². The minimum absolute atomic E-state index is 0.103. The third kappa shape index (κ3) is 3.07. The van der Waals surface area contributed by atoms with E-state index in [-0.39, 0.29) is 9.65 Å². The summed E-state index contributed by atoms with van der Waals surface area (Å²) in [6, 6.07) is 7.65. The number of rotatable bonds is 2. The number of aromatic nitrogens is 1. The Hall–Kier alpha value is -1.47. The Morgan fingerprint density at radius 1 is 1.08 bits per heavy atom. The summed E-state index contributed by atoms with van der Waals surface area (Å²) in [6.07, 6.45) is 0.363. The van der Waals surface area contributed by atoms with Gasteiger partial charge in [-0.05, 0) is 17.7 Å². The van der Waals surface area contributed by atoms with Crippen LogP contribution >= 0.6 is 31.9 Å². The van der Waals surface area contributed by atoms with Crippen LogP contribution in [0.2, 0.25) is 0 Å². The van der Waals surface area contributed by atoms with Crippen LogP contribution in [-0.4, -0.2) is 27.9 Å². The summed E-state index contributed by atoms with van der Waals surface area (Å²) >= 11 is 7.25. The predicted molar refractivity (Wildman–Crippen MR) is 96.2 cm³/mol. The molecule has 1 aromatic carbocycles. The highest BCUT2D eigenvalue weighted by Gasteiger charge is 2.45. The molecule has 0 spiro atoms. The van der Waals surface area contributed by atoms with Crippen LogP contribution in [-0.2, 0) is 19.1 Å². The molecule has 1 aliphatic rings. The topological polar surface area (TPSA) is 65.5 Å². The number of fused-ring (bicyclic) bond motifs is 3. The second-order valence-corrected chi connectivity index (χ2v) is 7.63. The average Bonchev–Trinajstić information content (AvgIpc) is 2.54. The van der Waals surface area contributed by atoms with Gasteiger partial charge in [0.1, 0.15) is 0 Å². The van der Waals surface area contributed by atoms with E-state index in [0.717, 1.165) is 22.0 Å². The summed E-state index contributed by atoms with van der Waals surface area (Å²) in [7, 11) is 0. The molecule has 0 amide bonds. The summed E-state index contributed by atoms with van der Waals surface area (Å²) in [5.74, 6) is -0.861. The lowest BCUT2D eigenvalue weighted by Crippen LogP contribution is -2.41. The lowest BCUT2D eigenvalue weighted by molar-refractivity contribution is -0.166. The Morgan fingerprint density at radius 2 is 1.79 bits per heavy atom. The molecule has 0 aliphatic heterocycles. The zero-order valence-electron chi connectivity index (χ0n) is 13.0. The van der Waals surface area contributed by atoms with Gasteiger partial charge in [-0.1, -0.05) is 44.0 Å². The third-order valence-corrected chi connectivity index (χ3v) is 6.75. The average molecular weight is 457 g/mol. The number of halogens is 2. The van der Waals surface area contributed by atoms with Gasteiger partial charge in [-0.2, -0.15) is 0 Å². The molecule has 126 valence electrons. The zero-order valence-corrected chi connectivity index (χ0v) is 16.2. The molecule has 3 rings (SSSR count). The summed E-state index contributed by atoms with van der Waals surface area (Å²) < 4.78 is 11.0. The monoisotopic (exact) mass is 455 g/mol. The molecule has 0 saturated carbocycles. The van der Waals surface area contributed by atoms with Gasteiger partial charge in [0.15, 0.2) is 12.2 Å². The molecule has 1 aliphatic carbocycles. The molecule has 5 nitrogen and oxygen atoms in total. The second-order valence-electron chi connectivity index (χ2n) is 5.59. The van der Waals surface area contributed by atoms with Gasteiger partial charge in [0, 0.05) is 31.0 Å². The fourth-order valence-electron chi connectivity index (χ4n) is 3.04. The van der Waals surface area contributed by atoms with Gasteiger partial charge in [-0.3, -0.25) is 14.6 Å². The summed E-state index contributed by atoms with van der Waals surface area (Å²) in [6.45, 7) is 2.69. The SMILES string of the molecule is CC(=O)OC1c2c(ccc3ncccc23)C(Br)C(Br)C1OC(C)=O. The van der Waals surface area contributed by atoms with Crippen LogP contribution < -0.4 is 0 Å². The summed E-state index contributed by atoms with van der Waals surface area (Å²) in [5.41, 5.74) is 2.59. The Bertz CT molecular complexity index is 810. The number of nitrogens with zero attached hydrogens (tertiary/aromatic N) is 1. The minimum atomic E-state index is -0.701. The van der Waals surface area contributed by atoms with Crippen LogP contribution in [0.5, 0.6) is 0 Å². The van der Waals surface area contributed by atoms with Crippen molar-refractivity contribution in [2.24, 2.45) is 0 Å². The minimum Gasteiger partial charge on any atom is -0.457 e. The van der Waals surface area contributed by atoms with Crippen molar-refractivity contribution in [1.29, 1.82) is 0 Å². The molecular formula is C17H15Br2NO4. The molecule has 0 saturated heterocycles. The smallest absolute Gasteiger partial charge is 0.303 e. The standard InChI is InChI=1S/C17H15Br2NO4/c1-8(21)23-16-13-10-4-3-7-20-12(10)6-5-11(13)14(18)15(19)17(16)24-9(2)22/h3-7,14-17H,1-2H3. The first-order chi connectivity index (χ1) is 11.4. The first-order valence-corrected chi connectivity index (χ1v) is 9.23. The maximum atomic E-state index is 11.7. The number of hydrogen-bond donors (Lipinski definition) is 0. The number of carbonyl (C=O) groups is 2. The van der Waals surface area contributed by atoms with Gasteiger partial charge < -0.3 is 9.47 Å². The fraction of sp³-hybridized carbons (Fsp3) is 0.353. The molecule has 4 atom stereocenters. The van der Waals surface area contributed by atoms with E-state index in [1.165, 1.54) is 13.8 Å². The number of carbonyl (C=O) groups excluding carboxylic acids is 2. The van der Waals surface area contributed by atoms with E-state index in [2.05, 4.69) is 36.8 Å². The lowest BCUT2D eigenvalue weighted by Gasteiger charge is -2.39. The van der Waals surface area contributed by atoms with E-state index in [4.69, 9.17) is 9.47 Å². The molecule has 0 bridgehead atoms. The fourth-order valence-corrected chi connectivity index (χ4v) is 4.41. The molecular weight excluding hydrogens is 442 g/mol. The van der Waals surface area contributed by atoms with E-state index in [1.807, 2.05) is 24.3 Å². The third-order valence-electron chi connectivity index (χ3n) is 3.93. The van der Waals surface area contributed by atoms with Gasteiger partial charge in [0.05, 0.1) is 15.2 Å². The lowest BCUT2D eigenvalue weighted by atomic mass is 9.84. The largest absolute Gasteiger partial charge is 0.457 e. The van der Waals surface area contributed by atoms with Crippen molar-refractivity contribution in [3.63, 3.8) is 0 Å². The van der Waals surface area contributed by atoms with Crippen LogP contribution in [0.4, 0.5) is 0 Å². The molecule has 0 N–H and O–H groups in total. The van der Waals surface area contributed by atoms with Crippen LogP contribution in [0.25, 0.3) is 10.9 Å². The molecule has 1 aromatic heterocycles. The Balaban J connectivity index is 2.24. The van der Waals surface area contributed by atoms with Gasteiger partial charge in [0.25, 0.3) is 0 Å². The Kier molecular flexibility index (Phi) is 4.92. The summed E-state index contributed by atoms with van der Waals surface area (Å²) in [4.78, 5) is 27.2. The van der Waals surface area contributed by atoms with Crippen molar-refractivity contribution >= 4 is 54.7 Å². The number of benzene rings is 1. The molecule has 2 aromatic rings. The first-order valence-electron chi connectivity index (χ1n) is 7.40. The van der Waals surface area contributed by atoms with Crippen molar-refractivity contribution in [2.75, 3.05) is 0 Å². The molecule has 4 unspecified atom stereocenters. The van der Waals surface area contributed by atoms with E-state index in [0.29, 0.717) is 0 Å². The highest BCUT2D eigenvalue weighted by atomic mass is 79.9. The maximum absolute atomic E-state index is 11.7. The van der Waals surface area contributed by atoms with Crippen LogP contribution in [0, 0.1) is 0 Å². The van der Waals surface area contributed by atoms with E-state index < -0.39 is 24.1 Å². The van der Waals surface area contributed by atoms with E-state index in [1.54, 1.807) is 6.20 Å². The number of ether oxygens (including phenoxy) is 2. The highest BCUT2D eigenvalue weighted by molar-refractivity contribution is 9.12.